The summed E-state index contributed by atoms with van der Waals surface area (Å²) in [6.07, 6.45) is 5.34. The molecular weight excluding hydrogens is 222 g/mol. The molecular formula is C15H16N3. The van der Waals surface area contributed by atoms with Crippen LogP contribution in [0.5, 0.6) is 0 Å². The number of hydrogen-bond acceptors (Lipinski definition) is 3. The Morgan fingerprint density at radius 1 is 1.00 bits per heavy atom. The summed E-state index contributed by atoms with van der Waals surface area (Å²) in [5.74, 6) is 1.06. The number of para-hydroxylation sites is 1. The van der Waals surface area contributed by atoms with Crippen molar-refractivity contribution in [1.82, 2.24) is 4.98 Å². The number of aromatic nitrogens is 1. The summed E-state index contributed by atoms with van der Waals surface area (Å²) in [6.45, 7) is 2.09. The minimum Gasteiger partial charge on any atom is -0.356 e. The van der Waals surface area contributed by atoms with Gasteiger partial charge in [0, 0.05) is 18.8 Å². The molecule has 0 atom stereocenters. The number of rotatable bonds is 3. The third-order valence-electron chi connectivity index (χ3n) is 3.09. The van der Waals surface area contributed by atoms with E-state index in [1.807, 2.05) is 36.5 Å². The minimum atomic E-state index is 1.01. The van der Waals surface area contributed by atoms with Crippen LogP contribution in [0.2, 0.25) is 0 Å². The Kier molecular flexibility index (Phi) is 3.13. The second-order valence-electron chi connectivity index (χ2n) is 4.42. The molecule has 0 bridgehead atoms. The van der Waals surface area contributed by atoms with Gasteiger partial charge < -0.3 is 10.2 Å². The van der Waals surface area contributed by atoms with Gasteiger partial charge in [0.15, 0.2) is 0 Å². The summed E-state index contributed by atoms with van der Waals surface area (Å²) in [5, 5.41) is 3.33. The summed E-state index contributed by atoms with van der Waals surface area (Å²) in [7, 11) is 0. The van der Waals surface area contributed by atoms with Crippen LogP contribution in [0.4, 0.5) is 17.2 Å². The largest absolute Gasteiger partial charge is 0.356 e. The molecule has 3 rings (SSSR count). The molecule has 1 aliphatic rings. The Bertz CT molecular complexity index is 487. The molecule has 1 fully saturated rings. The highest BCUT2D eigenvalue weighted by Gasteiger charge is 2.13. The fourth-order valence-electron chi connectivity index (χ4n) is 2.13. The smallest absolute Gasteiger partial charge is 0.128 e. The molecule has 3 heteroatoms. The monoisotopic (exact) mass is 238 g/mol. The van der Waals surface area contributed by atoms with E-state index in [0.29, 0.717) is 0 Å². The van der Waals surface area contributed by atoms with Crippen molar-refractivity contribution in [3.8, 4) is 0 Å². The van der Waals surface area contributed by atoms with Crippen molar-refractivity contribution >= 4 is 17.2 Å². The first-order valence-corrected chi connectivity index (χ1v) is 6.26. The maximum absolute atomic E-state index is 4.50. The SMILES string of the molecule is [CH]1CCN(c2ccc(Nc3ccccc3)cn2)C1. The maximum atomic E-state index is 4.50. The van der Waals surface area contributed by atoms with Crippen LogP contribution >= 0.6 is 0 Å². The van der Waals surface area contributed by atoms with Gasteiger partial charge in [0.05, 0.1) is 11.9 Å². The van der Waals surface area contributed by atoms with E-state index in [9.17, 15) is 0 Å². The van der Waals surface area contributed by atoms with Crippen molar-refractivity contribution in [3.63, 3.8) is 0 Å². The Hall–Kier alpha value is -2.03. The summed E-state index contributed by atoms with van der Waals surface area (Å²) in [6, 6.07) is 14.3. The Morgan fingerprint density at radius 3 is 2.56 bits per heavy atom. The lowest BCUT2D eigenvalue weighted by atomic mass is 10.3. The quantitative estimate of drug-likeness (QED) is 0.889. The second kappa shape index (κ2) is 5.08. The fourth-order valence-corrected chi connectivity index (χ4v) is 2.13. The molecule has 2 aromatic rings. The van der Waals surface area contributed by atoms with E-state index >= 15 is 0 Å². The van der Waals surface area contributed by atoms with E-state index < -0.39 is 0 Å². The summed E-state index contributed by atoms with van der Waals surface area (Å²) >= 11 is 0. The van der Waals surface area contributed by atoms with E-state index in [4.69, 9.17) is 0 Å². The Labute approximate surface area is 107 Å². The molecule has 1 aromatic carbocycles. The molecule has 0 aliphatic carbocycles. The highest BCUT2D eigenvalue weighted by atomic mass is 15.2. The zero-order chi connectivity index (χ0) is 12.2. The van der Waals surface area contributed by atoms with Crippen molar-refractivity contribution < 1.29 is 0 Å². The first kappa shape index (κ1) is 11.1. The average Bonchev–Trinajstić information content (AvgIpc) is 2.95. The zero-order valence-electron chi connectivity index (χ0n) is 10.2. The average molecular weight is 238 g/mol. The lowest BCUT2D eigenvalue weighted by molar-refractivity contribution is 0.939. The van der Waals surface area contributed by atoms with E-state index in [0.717, 1.165) is 36.7 Å². The molecule has 1 N–H and O–H groups in total. The lowest BCUT2D eigenvalue weighted by Crippen LogP contribution is -2.18. The van der Waals surface area contributed by atoms with Crippen molar-refractivity contribution in [3.05, 3.63) is 55.1 Å². The number of pyridine rings is 1. The molecule has 91 valence electrons. The third kappa shape index (κ3) is 2.45. The number of hydrogen-bond donors (Lipinski definition) is 1. The van der Waals surface area contributed by atoms with Crippen LogP contribution in [0.15, 0.2) is 48.7 Å². The van der Waals surface area contributed by atoms with Gasteiger partial charge in [-0.05, 0) is 37.1 Å². The molecule has 2 heterocycles. The van der Waals surface area contributed by atoms with Crippen molar-refractivity contribution in [2.75, 3.05) is 23.3 Å². The van der Waals surface area contributed by atoms with Crippen LogP contribution in [-0.4, -0.2) is 18.1 Å². The van der Waals surface area contributed by atoms with E-state index in [2.05, 4.69) is 33.8 Å². The standard InChI is InChI=1S/C15H16N3/c1-2-6-13(7-3-1)17-14-8-9-15(16-12-14)18-10-4-5-11-18/h1-4,6-9,12,17H,5,10-11H2. The predicted molar refractivity (Wildman–Crippen MR) is 75.1 cm³/mol. The van der Waals surface area contributed by atoms with Gasteiger partial charge in [0.25, 0.3) is 0 Å². The highest BCUT2D eigenvalue weighted by Crippen LogP contribution is 2.20. The Balaban J connectivity index is 1.71. The summed E-state index contributed by atoms with van der Waals surface area (Å²) in [4.78, 5) is 6.78. The number of anilines is 3. The molecule has 0 unspecified atom stereocenters. The van der Waals surface area contributed by atoms with Crippen LogP contribution < -0.4 is 10.2 Å². The molecule has 1 aliphatic heterocycles. The van der Waals surface area contributed by atoms with Crippen LogP contribution in [-0.2, 0) is 0 Å². The van der Waals surface area contributed by atoms with Crippen LogP contribution in [0.3, 0.4) is 0 Å². The fraction of sp³-hybridized carbons (Fsp3) is 0.200. The summed E-state index contributed by atoms with van der Waals surface area (Å²) < 4.78 is 0. The molecule has 3 nitrogen and oxygen atoms in total. The van der Waals surface area contributed by atoms with Crippen LogP contribution in [0.1, 0.15) is 6.42 Å². The number of benzene rings is 1. The second-order valence-corrected chi connectivity index (χ2v) is 4.42. The first-order chi connectivity index (χ1) is 8.92. The highest BCUT2D eigenvalue weighted by molar-refractivity contribution is 5.60. The molecule has 18 heavy (non-hydrogen) atoms. The van der Waals surface area contributed by atoms with Crippen molar-refractivity contribution in [2.45, 2.75) is 6.42 Å². The molecule has 0 amide bonds. The maximum Gasteiger partial charge on any atom is 0.128 e. The minimum absolute atomic E-state index is 1.01. The third-order valence-corrected chi connectivity index (χ3v) is 3.09. The lowest BCUT2D eigenvalue weighted by Gasteiger charge is -2.16. The van der Waals surface area contributed by atoms with E-state index in [1.54, 1.807) is 0 Å². The Morgan fingerprint density at radius 2 is 1.89 bits per heavy atom. The van der Waals surface area contributed by atoms with Crippen LogP contribution in [0.25, 0.3) is 0 Å². The van der Waals surface area contributed by atoms with Crippen molar-refractivity contribution in [1.29, 1.82) is 0 Å². The predicted octanol–water partition coefficient (Wildman–Crippen LogP) is 3.24. The normalized spacial score (nSPS) is 14.8. The molecule has 1 saturated heterocycles. The van der Waals surface area contributed by atoms with Gasteiger partial charge in [-0.25, -0.2) is 4.98 Å². The van der Waals surface area contributed by atoms with Gasteiger partial charge in [-0.2, -0.15) is 0 Å². The van der Waals surface area contributed by atoms with Gasteiger partial charge in [-0.3, -0.25) is 0 Å². The van der Waals surface area contributed by atoms with Gasteiger partial charge in [0.1, 0.15) is 5.82 Å². The number of nitrogens with zero attached hydrogens (tertiary/aromatic N) is 2. The topological polar surface area (TPSA) is 28.2 Å². The first-order valence-electron chi connectivity index (χ1n) is 6.26. The van der Waals surface area contributed by atoms with Gasteiger partial charge >= 0.3 is 0 Å². The molecule has 0 saturated carbocycles. The molecule has 0 spiro atoms. The van der Waals surface area contributed by atoms with Gasteiger partial charge in [-0.15, -0.1) is 0 Å². The van der Waals surface area contributed by atoms with Gasteiger partial charge in [0.2, 0.25) is 0 Å². The molecule has 1 aromatic heterocycles. The summed E-state index contributed by atoms with van der Waals surface area (Å²) in [5.41, 5.74) is 2.11. The van der Waals surface area contributed by atoms with Crippen molar-refractivity contribution in [2.24, 2.45) is 0 Å². The van der Waals surface area contributed by atoms with E-state index in [1.165, 1.54) is 0 Å². The number of nitrogens with one attached hydrogen (secondary N) is 1. The van der Waals surface area contributed by atoms with Gasteiger partial charge in [-0.1, -0.05) is 18.2 Å². The van der Waals surface area contributed by atoms with E-state index in [-0.39, 0.29) is 0 Å². The van der Waals surface area contributed by atoms with Crippen LogP contribution in [0, 0.1) is 6.42 Å². The zero-order valence-corrected chi connectivity index (χ0v) is 10.2. The molecule has 1 radical (unpaired) electrons.